The van der Waals surface area contributed by atoms with E-state index in [1.54, 1.807) is 0 Å². The monoisotopic (exact) mass is 274 g/mol. The summed E-state index contributed by atoms with van der Waals surface area (Å²) in [5.74, 6) is 1.94. The molecule has 2 aliphatic rings. The Hall–Kier alpha value is -1.06. The van der Waals surface area contributed by atoms with E-state index in [2.05, 4.69) is 36.1 Å². The fraction of sp³-hybridized carbons (Fsp3) is 0.647. The first-order chi connectivity index (χ1) is 9.80. The van der Waals surface area contributed by atoms with Crippen LogP contribution in [0.4, 0.5) is 0 Å². The molecule has 0 saturated carbocycles. The SMILES string of the molecule is CCC1CCN(CC2Cc3ccccc3O2)C(CN)C1. The second kappa shape index (κ2) is 6.15. The Morgan fingerprint density at radius 3 is 2.95 bits per heavy atom. The molecule has 1 aromatic carbocycles. The Balaban J connectivity index is 1.59. The van der Waals surface area contributed by atoms with Gasteiger partial charge in [-0.3, -0.25) is 4.90 Å². The smallest absolute Gasteiger partial charge is 0.123 e. The zero-order valence-corrected chi connectivity index (χ0v) is 12.4. The Labute approximate surface area is 122 Å². The third-order valence-electron chi connectivity index (χ3n) is 4.95. The Bertz CT molecular complexity index is 423. The van der Waals surface area contributed by atoms with E-state index in [9.17, 15) is 0 Å². The first kappa shape index (κ1) is 13.9. The second-order valence-corrected chi connectivity index (χ2v) is 6.23. The summed E-state index contributed by atoms with van der Waals surface area (Å²) in [6.07, 6.45) is 5.20. The lowest BCUT2D eigenvalue weighted by Gasteiger charge is -2.39. The molecule has 3 atom stereocenters. The highest BCUT2D eigenvalue weighted by atomic mass is 16.5. The summed E-state index contributed by atoms with van der Waals surface area (Å²) in [7, 11) is 0. The van der Waals surface area contributed by atoms with Crippen molar-refractivity contribution < 1.29 is 4.74 Å². The maximum Gasteiger partial charge on any atom is 0.123 e. The Kier molecular flexibility index (Phi) is 4.27. The fourth-order valence-electron chi connectivity index (χ4n) is 3.66. The molecule has 2 heterocycles. The predicted molar refractivity (Wildman–Crippen MR) is 82.0 cm³/mol. The van der Waals surface area contributed by atoms with Crippen molar-refractivity contribution in [3.63, 3.8) is 0 Å². The highest BCUT2D eigenvalue weighted by Gasteiger charge is 2.31. The molecular weight excluding hydrogens is 248 g/mol. The molecule has 1 saturated heterocycles. The molecule has 110 valence electrons. The maximum atomic E-state index is 6.07. The number of nitrogens with two attached hydrogens (primary N) is 1. The van der Waals surface area contributed by atoms with Crippen LogP contribution >= 0.6 is 0 Å². The standard InChI is InChI=1S/C17H26N2O/c1-2-13-7-8-19(15(9-13)11-18)12-16-10-14-5-3-4-6-17(14)20-16/h3-6,13,15-16H,2,7-12,18H2,1H3. The van der Waals surface area contributed by atoms with Crippen LogP contribution in [0.5, 0.6) is 5.75 Å². The predicted octanol–water partition coefficient (Wildman–Crippen LogP) is 2.44. The zero-order valence-electron chi connectivity index (χ0n) is 12.4. The van der Waals surface area contributed by atoms with Gasteiger partial charge in [-0.1, -0.05) is 31.5 Å². The molecule has 0 aliphatic carbocycles. The fourth-order valence-corrected chi connectivity index (χ4v) is 3.66. The summed E-state index contributed by atoms with van der Waals surface area (Å²) in [6, 6.07) is 8.95. The molecule has 3 nitrogen and oxygen atoms in total. The van der Waals surface area contributed by atoms with Gasteiger partial charge in [0, 0.05) is 25.6 Å². The van der Waals surface area contributed by atoms with Crippen LogP contribution in [0.1, 0.15) is 31.7 Å². The molecule has 0 aromatic heterocycles. The van der Waals surface area contributed by atoms with Crippen molar-refractivity contribution >= 4 is 0 Å². The van der Waals surface area contributed by atoms with Gasteiger partial charge in [0.2, 0.25) is 0 Å². The van der Waals surface area contributed by atoms with E-state index in [0.29, 0.717) is 12.1 Å². The molecule has 0 amide bonds. The molecule has 0 spiro atoms. The number of fused-ring (bicyclic) bond motifs is 1. The zero-order chi connectivity index (χ0) is 13.9. The molecule has 3 rings (SSSR count). The normalized spacial score (nSPS) is 30.0. The van der Waals surface area contributed by atoms with Crippen LogP contribution in [0.3, 0.4) is 0 Å². The van der Waals surface area contributed by atoms with E-state index in [4.69, 9.17) is 10.5 Å². The van der Waals surface area contributed by atoms with Crippen LogP contribution in [0.2, 0.25) is 0 Å². The molecule has 20 heavy (non-hydrogen) atoms. The van der Waals surface area contributed by atoms with Crippen molar-refractivity contribution in [3.05, 3.63) is 29.8 Å². The third kappa shape index (κ3) is 2.84. The lowest BCUT2D eigenvalue weighted by Crippen LogP contribution is -2.50. The number of rotatable bonds is 4. The summed E-state index contributed by atoms with van der Waals surface area (Å²) in [5, 5.41) is 0. The van der Waals surface area contributed by atoms with Crippen molar-refractivity contribution in [3.8, 4) is 5.75 Å². The quantitative estimate of drug-likeness (QED) is 0.916. The number of likely N-dealkylation sites (tertiary alicyclic amines) is 1. The van der Waals surface area contributed by atoms with Gasteiger partial charge in [0.05, 0.1) is 0 Å². The van der Waals surface area contributed by atoms with E-state index in [0.717, 1.165) is 31.2 Å². The van der Waals surface area contributed by atoms with E-state index in [1.165, 1.54) is 31.4 Å². The number of benzene rings is 1. The Morgan fingerprint density at radius 2 is 2.20 bits per heavy atom. The van der Waals surface area contributed by atoms with Crippen molar-refractivity contribution in [2.45, 2.75) is 44.8 Å². The van der Waals surface area contributed by atoms with Gasteiger partial charge in [-0.05, 0) is 36.9 Å². The van der Waals surface area contributed by atoms with Gasteiger partial charge in [0.1, 0.15) is 11.9 Å². The Morgan fingerprint density at radius 1 is 1.35 bits per heavy atom. The average molecular weight is 274 g/mol. The van der Waals surface area contributed by atoms with Crippen molar-refractivity contribution in [2.75, 3.05) is 19.6 Å². The van der Waals surface area contributed by atoms with E-state index in [-0.39, 0.29) is 0 Å². The van der Waals surface area contributed by atoms with E-state index < -0.39 is 0 Å². The lowest BCUT2D eigenvalue weighted by atomic mass is 9.88. The van der Waals surface area contributed by atoms with Crippen molar-refractivity contribution in [1.29, 1.82) is 0 Å². The van der Waals surface area contributed by atoms with Gasteiger partial charge in [0.15, 0.2) is 0 Å². The highest BCUT2D eigenvalue weighted by molar-refractivity contribution is 5.37. The molecule has 3 unspecified atom stereocenters. The van der Waals surface area contributed by atoms with Crippen LogP contribution in [0.25, 0.3) is 0 Å². The number of ether oxygens (including phenoxy) is 1. The first-order valence-corrected chi connectivity index (χ1v) is 7.98. The van der Waals surface area contributed by atoms with Gasteiger partial charge in [0.25, 0.3) is 0 Å². The van der Waals surface area contributed by atoms with Crippen molar-refractivity contribution in [1.82, 2.24) is 4.90 Å². The lowest BCUT2D eigenvalue weighted by molar-refractivity contribution is 0.0716. The largest absolute Gasteiger partial charge is 0.488 e. The number of piperidine rings is 1. The molecule has 1 aromatic rings. The van der Waals surface area contributed by atoms with Crippen LogP contribution in [0, 0.1) is 5.92 Å². The van der Waals surface area contributed by atoms with Crippen LogP contribution in [-0.2, 0) is 6.42 Å². The molecule has 0 bridgehead atoms. The number of hydrogen-bond donors (Lipinski definition) is 1. The first-order valence-electron chi connectivity index (χ1n) is 7.98. The number of nitrogens with zero attached hydrogens (tertiary/aromatic N) is 1. The highest BCUT2D eigenvalue weighted by Crippen LogP contribution is 2.30. The average Bonchev–Trinajstić information content (AvgIpc) is 2.90. The summed E-state index contributed by atoms with van der Waals surface area (Å²) >= 11 is 0. The number of hydrogen-bond acceptors (Lipinski definition) is 3. The molecular formula is C17H26N2O. The molecule has 0 radical (unpaired) electrons. The maximum absolute atomic E-state index is 6.07. The van der Waals surface area contributed by atoms with E-state index >= 15 is 0 Å². The third-order valence-corrected chi connectivity index (χ3v) is 4.95. The van der Waals surface area contributed by atoms with Gasteiger partial charge < -0.3 is 10.5 Å². The molecule has 2 aliphatic heterocycles. The topological polar surface area (TPSA) is 38.5 Å². The minimum Gasteiger partial charge on any atom is -0.488 e. The minimum absolute atomic E-state index is 0.305. The minimum atomic E-state index is 0.305. The number of para-hydroxylation sites is 1. The summed E-state index contributed by atoms with van der Waals surface area (Å²) < 4.78 is 6.07. The van der Waals surface area contributed by atoms with Crippen LogP contribution in [-0.4, -0.2) is 36.7 Å². The summed E-state index contributed by atoms with van der Waals surface area (Å²) in [4.78, 5) is 2.56. The summed E-state index contributed by atoms with van der Waals surface area (Å²) in [6.45, 7) is 5.27. The van der Waals surface area contributed by atoms with Crippen LogP contribution < -0.4 is 10.5 Å². The van der Waals surface area contributed by atoms with E-state index in [1.807, 2.05) is 0 Å². The van der Waals surface area contributed by atoms with Gasteiger partial charge in [-0.25, -0.2) is 0 Å². The van der Waals surface area contributed by atoms with Crippen molar-refractivity contribution in [2.24, 2.45) is 11.7 Å². The van der Waals surface area contributed by atoms with Gasteiger partial charge in [-0.15, -0.1) is 0 Å². The van der Waals surface area contributed by atoms with Gasteiger partial charge in [-0.2, -0.15) is 0 Å². The van der Waals surface area contributed by atoms with Crippen LogP contribution in [0.15, 0.2) is 24.3 Å². The molecule has 2 N–H and O–H groups in total. The van der Waals surface area contributed by atoms with Gasteiger partial charge >= 0.3 is 0 Å². The summed E-state index contributed by atoms with van der Waals surface area (Å²) in [5.41, 5.74) is 7.34. The second-order valence-electron chi connectivity index (χ2n) is 6.23. The molecule has 1 fully saturated rings. The molecule has 3 heteroatoms.